The maximum absolute atomic E-state index is 12.4. The summed E-state index contributed by atoms with van der Waals surface area (Å²) in [7, 11) is 0. The molecule has 0 aliphatic rings. The summed E-state index contributed by atoms with van der Waals surface area (Å²) in [5.74, 6) is 0. The molecule has 0 fully saturated rings. The van der Waals surface area contributed by atoms with Gasteiger partial charge in [-0.2, -0.15) is 13.2 Å². The molecular formula is C10H20F3NO. The molecule has 15 heavy (non-hydrogen) atoms. The van der Waals surface area contributed by atoms with Crippen LogP contribution in [-0.4, -0.2) is 22.9 Å². The SMILES string of the molecule is CCCCCCC(O)C(C)(N)C(F)(F)F. The van der Waals surface area contributed by atoms with Gasteiger partial charge in [0.05, 0.1) is 6.10 Å². The Bertz CT molecular complexity index is 180. The van der Waals surface area contributed by atoms with Crippen LogP contribution < -0.4 is 5.73 Å². The largest absolute Gasteiger partial charge is 0.408 e. The fourth-order valence-electron chi connectivity index (χ4n) is 1.25. The number of halogens is 3. The topological polar surface area (TPSA) is 46.2 Å². The predicted molar refractivity (Wildman–Crippen MR) is 53.4 cm³/mol. The summed E-state index contributed by atoms with van der Waals surface area (Å²) in [6, 6.07) is 0. The molecule has 5 heteroatoms. The number of aliphatic hydroxyl groups is 1. The number of hydrogen-bond acceptors (Lipinski definition) is 2. The average molecular weight is 227 g/mol. The van der Waals surface area contributed by atoms with Gasteiger partial charge >= 0.3 is 6.18 Å². The quantitative estimate of drug-likeness (QED) is 0.685. The van der Waals surface area contributed by atoms with Crippen LogP contribution >= 0.6 is 0 Å². The first-order chi connectivity index (χ1) is 6.73. The minimum absolute atomic E-state index is 0.104. The number of alkyl halides is 3. The van der Waals surface area contributed by atoms with Gasteiger partial charge in [0, 0.05) is 0 Å². The normalized spacial score (nSPS) is 18.6. The number of hydrogen-bond donors (Lipinski definition) is 2. The maximum atomic E-state index is 12.4. The first-order valence-corrected chi connectivity index (χ1v) is 5.27. The van der Waals surface area contributed by atoms with E-state index in [9.17, 15) is 18.3 Å². The second-order valence-electron chi connectivity index (χ2n) is 4.15. The minimum atomic E-state index is -4.56. The molecule has 0 saturated heterocycles. The maximum Gasteiger partial charge on any atom is 0.408 e. The molecular weight excluding hydrogens is 207 g/mol. The van der Waals surface area contributed by atoms with Crippen molar-refractivity contribution in [1.82, 2.24) is 0 Å². The zero-order valence-corrected chi connectivity index (χ0v) is 9.27. The molecule has 0 aromatic heterocycles. The average Bonchev–Trinajstić information content (AvgIpc) is 2.10. The molecule has 0 aromatic rings. The Morgan fingerprint density at radius 2 is 1.73 bits per heavy atom. The number of unbranched alkanes of at least 4 members (excludes halogenated alkanes) is 3. The molecule has 0 amide bonds. The lowest BCUT2D eigenvalue weighted by Crippen LogP contribution is -2.59. The second kappa shape index (κ2) is 5.70. The lowest BCUT2D eigenvalue weighted by Gasteiger charge is -2.32. The van der Waals surface area contributed by atoms with Gasteiger partial charge in [-0.25, -0.2) is 0 Å². The van der Waals surface area contributed by atoms with Gasteiger partial charge in [-0.3, -0.25) is 0 Å². The van der Waals surface area contributed by atoms with E-state index in [0.29, 0.717) is 6.42 Å². The Morgan fingerprint density at radius 1 is 1.20 bits per heavy atom. The van der Waals surface area contributed by atoms with Gasteiger partial charge < -0.3 is 10.8 Å². The van der Waals surface area contributed by atoms with Gasteiger partial charge in [0.1, 0.15) is 5.54 Å². The van der Waals surface area contributed by atoms with E-state index in [0.717, 1.165) is 26.2 Å². The molecule has 0 rings (SSSR count). The van der Waals surface area contributed by atoms with Crippen LogP contribution in [0.25, 0.3) is 0 Å². The van der Waals surface area contributed by atoms with Crippen LogP contribution in [0.5, 0.6) is 0 Å². The fraction of sp³-hybridized carbons (Fsp3) is 1.00. The van der Waals surface area contributed by atoms with Gasteiger partial charge in [-0.15, -0.1) is 0 Å². The Hall–Kier alpha value is -0.290. The molecule has 92 valence electrons. The van der Waals surface area contributed by atoms with Crippen molar-refractivity contribution in [2.45, 2.75) is 63.8 Å². The third-order valence-electron chi connectivity index (χ3n) is 2.63. The van der Waals surface area contributed by atoms with Crippen LogP contribution in [0.3, 0.4) is 0 Å². The van der Waals surface area contributed by atoms with E-state index < -0.39 is 17.8 Å². The van der Waals surface area contributed by atoms with Gasteiger partial charge in [-0.05, 0) is 13.3 Å². The molecule has 0 heterocycles. The smallest absolute Gasteiger partial charge is 0.391 e. The minimum Gasteiger partial charge on any atom is -0.391 e. The van der Waals surface area contributed by atoms with Crippen molar-refractivity contribution in [1.29, 1.82) is 0 Å². The van der Waals surface area contributed by atoms with Gasteiger partial charge in [-0.1, -0.05) is 32.6 Å². The highest BCUT2D eigenvalue weighted by Crippen LogP contribution is 2.32. The standard InChI is InChI=1S/C10H20F3NO/c1-3-4-5-6-7-8(15)9(2,14)10(11,12)13/h8,15H,3-7,14H2,1-2H3. The van der Waals surface area contributed by atoms with Crippen LogP contribution in [0.15, 0.2) is 0 Å². The molecule has 0 spiro atoms. The molecule has 2 nitrogen and oxygen atoms in total. The van der Waals surface area contributed by atoms with Crippen molar-refractivity contribution in [2.24, 2.45) is 5.73 Å². The summed E-state index contributed by atoms with van der Waals surface area (Å²) >= 11 is 0. The van der Waals surface area contributed by atoms with Crippen molar-refractivity contribution >= 4 is 0 Å². The van der Waals surface area contributed by atoms with Crippen LogP contribution in [0.2, 0.25) is 0 Å². The first-order valence-electron chi connectivity index (χ1n) is 5.27. The fourth-order valence-corrected chi connectivity index (χ4v) is 1.25. The summed E-state index contributed by atoms with van der Waals surface area (Å²) in [4.78, 5) is 0. The van der Waals surface area contributed by atoms with Crippen molar-refractivity contribution in [3.63, 3.8) is 0 Å². The van der Waals surface area contributed by atoms with Crippen LogP contribution in [-0.2, 0) is 0 Å². The Labute approximate surface area is 88.7 Å². The van der Waals surface area contributed by atoms with E-state index in [2.05, 4.69) is 0 Å². The Balaban J connectivity index is 4.03. The third kappa shape index (κ3) is 4.38. The van der Waals surface area contributed by atoms with Gasteiger partial charge in [0.15, 0.2) is 0 Å². The van der Waals surface area contributed by atoms with Crippen LogP contribution in [0, 0.1) is 0 Å². The summed E-state index contributed by atoms with van der Waals surface area (Å²) < 4.78 is 37.1. The summed E-state index contributed by atoms with van der Waals surface area (Å²) in [6.45, 7) is 2.84. The number of nitrogens with two attached hydrogens (primary N) is 1. The van der Waals surface area contributed by atoms with Gasteiger partial charge in [0.2, 0.25) is 0 Å². The zero-order chi connectivity index (χ0) is 12.1. The van der Waals surface area contributed by atoms with E-state index in [-0.39, 0.29) is 6.42 Å². The number of rotatable bonds is 6. The highest BCUT2D eigenvalue weighted by atomic mass is 19.4. The van der Waals surface area contributed by atoms with E-state index in [1.165, 1.54) is 0 Å². The molecule has 0 aromatic carbocycles. The van der Waals surface area contributed by atoms with E-state index in [4.69, 9.17) is 5.73 Å². The highest BCUT2D eigenvalue weighted by Gasteiger charge is 2.52. The molecule has 0 aliphatic carbocycles. The molecule has 2 atom stereocenters. The molecule has 0 radical (unpaired) electrons. The van der Waals surface area contributed by atoms with E-state index >= 15 is 0 Å². The molecule has 0 saturated carbocycles. The van der Waals surface area contributed by atoms with E-state index in [1.54, 1.807) is 0 Å². The second-order valence-corrected chi connectivity index (χ2v) is 4.15. The zero-order valence-electron chi connectivity index (χ0n) is 9.27. The van der Waals surface area contributed by atoms with Crippen molar-refractivity contribution in [3.8, 4) is 0 Å². The van der Waals surface area contributed by atoms with Crippen molar-refractivity contribution in [3.05, 3.63) is 0 Å². The monoisotopic (exact) mass is 227 g/mol. The molecule has 3 N–H and O–H groups in total. The first kappa shape index (κ1) is 14.7. The molecule has 0 bridgehead atoms. The van der Waals surface area contributed by atoms with Crippen LogP contribution in [0.1, 0.15) is 46.0 Å². The lowest BCUT2D eigenvalue weighted by atomic mass is 9.91. The molecule has 2 unspecified atom stereocenters. The Morgan fingerprint density at radius 3 is 2.13 bits per heavy atom. The summed E-state index contributed by atoms with van der Waals surface area (Å²) in [5, 5.41) is 9.37. The van der Waals surface area contributed by atoms with Gasteiger partial charge in [0.25, 0.3) is 0 Å². The lowest BCUT2D eigenvalue weighted by molar-refractivity contribution is -0.207. The van der Waals surface area contributed by atoms with Crippen LogP contribution in [0.4, 0.5) is 13.2 Å². The predicted octanol–water partition coefficient (Wildman–Crippen LogP) is 2.60. The summed E-state index contributed by atoms with van der Waals surface area (Å²) in [6.07, 6.45) is -2.58. The van der Waals surface area contributed by atoms with Crippen molar-refractivity contribution < 1.29 is 18.3 Å². The Kier molecular flexibility index (Phi) is 5.59. The van der Waals surface area contributed by atoms with E-state index in [1.807, 2.05) is 6.92 Å². The highest BCUT2D eigenvalue weighted by molar-refractivity contribution is 4.93. The van der Waals surface area contributed by atoms with Crippen molar-refractivity contribution in [2.75, 3.05) is 0 Å². The third-order valence-corrected chi connectivity index (χ3v) is 2.63. The summed E-state index contributed by atoms with van der Waals surface area (Å²) in [5.41, 5.74) is 2.58. The number of aliphatic hydroxyl groups excluding tert-OH is 1. The molecule has 0 aliphatic heterocycles.